The molecule has 1 aliphatic carbocycles. The van der Waals surface area contributed by atoms with Gasteiger partial charge in [-0.15, -0.1) is 0 Å². The Balaban J connectivity index is 1.88. The lowest BCUT2D eigenvalue weighted by molar-refractivity contribution is 0.353. The zero-order chi connectivity index (χ0) is 13.4. The minimum atomic E-state index is -0.335. The highest BCUT2D eigenvalue weighted by Gasteiger charge is 2.28. The van der Waals surface area contributed by atoms with Crippen molar-refractivity contribution in [3.05, 3.63) is 34.4 Å². The van der Waals surface area contributed by atoms with Crippen LogP contribution in [0.25, 0.3) is 11.4 Å². The SMILES string of the molecule is N[C@H]1CC[C@@H](c2nc(-c3cc(F)cc(Br)c3)no2)C1. The molecule has 6 heteroatoms. The Morgan fingerprint density at radius 2 is 2.16 bits per heavy atom. The van der Waals surface area contributed by atoms with Crippen LogP contribution in [0.1, 0.15) is 31.1 Å². The summed E-state index contributed by atoms with van der Waals surface area (Å²) in [5.74, 6) is 0.908. The number of nitrogens with zero attached hydrogens (tertiary/aromatic N) is 2. The summed E-state index contributed by atoms with van der Waals surface area (Å²) in [5.41, 5.74) is 6.48. The molecule has 0 bridgehead atoms. The lowest BCUT2D eigenvalue weighted by atomic mass is 10.1. The van der Waals surface area contributed by atoms with Crippen molar-refractivity contribution in [1.82, 2.24) is 10.1 Å². The largest absolute Gasteiger partial charge is 0.339 e. The molecule has 1 heterocycles. The summed E-state index contributed by atoms with van der Waals surface area (Å²) in [5, 5.41) is 3.92. The fraction of sp³-hybridized carbons (Fsp3) is 0.385. The maximum absolute atomic E-state index is 13.3. The normalized spacial score (nSPS) is 22.9. The third kappa shape index (κ3) is 2.69. The molecular formula is C13H13BrFN3O. The molecule has 0 amide bonds. The van der Waals surface area contributed by atoms with E-state index < -0.39 is 0 Å². The predicted molar refractivity (Wildman–Crippen MR) is 72.0 cm³/mol. The molecule has 0 unspecified atom stereocenters. The fourth-order valence-corrected chi connectivity index (χ4v) is 2.91. The van der Waals surface area contributed by atoms with Crippen LogP contribution >= 0.6 is 15.9 Å². The van der Waals surface area contributed by atoms with E-state index in [4.69, 9.17) is 10.3 Å². The van der Waals surface area contributed by atoms with E-state index in [0.717, 1.165) is 19.3 Å². The van der Waals surface area contributed by atoms with Crippen molar-refractivity contribution in [2.45, 2.75) is 31.2 Å². The molecule has 1 aromatic carbocycles. The first kappa shape index (κ1) is 12.7. The van der Waals surface area contributed by atoms with Crippen molar-refractivity contribution in [2.75, 3.05) is 0 Å². The molecule has 0 aliphatic heterocycles. The summed E-state index contributed by atoms with van der Waals surface area (Å²) in [6.07, 6.45) is 2.82. The van der Waals surface area contributed by atoms with Crippen LogP contribution in [-0.2, 0) is 0 Å². The Bertz CT molecular complexity index is 581. The number of benzene rings is 1. The van der Waals surface area contributed by atoms with Gasteiger partial charge in [0, 0.05) is 22.0 Å². The van der Waals surface area contributed by atoms with Crippen LogP contribution in [0.4, 0.5) is 4.39 Å². The molecule has 3 rings (SSSR count). The summed E-state index contributed by atoms with van der Waals surface area (Å²) in [4.78, 5) is 4.36. The van der Waals surface area contributed by atoms with Gasteiger partial charge in [-0.3, -0.25) is 0 Å². The first-order valence-electron chi connectivity index (χ1n) is 6.17. The Hall–Kier alpha value is -1.27. The summed E-state index contributed by atoms with van der Waals surface area (Å²) in [7, 11) is 0. The van der Waals surface area contributed by atoms with Gasteiger partial charge in [0.15, 0.2) is 0 Å². The molecule has 2 N–H and O–H groups in total. The van der Waals surface area contributed by atoms with E-state index in [0.29, 0.717) is 21.8 Å². The third-order valence-corrected chi connectivity index (χ3v) is 3.84. The quantitative estimate of drug-likeness (QED) is 0.920. The molecule has 1 fully saturated rings. The molecule has 4 nitrogen and oxygen atoms in total. The van der Waals surface area contributed by atoms with E-state index in [-0.39, 0.29) is 17.8 Å². The average molecular weight is 326 g/mol. The van der Waals surface area contributed by atoms with Gasteiger partial charge in [0.2, 0.25) is 11.7 Å². The lowest BCUT2D eigenvalue weighted by Gasteiger charge is -2.01. The second kappa shape index (κ2) is 5.02. The number of halogens is 2. The highest BCUT2D eigenvalue weighted by molar-refractivity contribution is 9.10. The van der Waals surface area contributed by atoms with Crippen molar-refractivity contribution in [2.24, 2.45) is 5.73 Å². The zero-order valence-corrected chi connectivity index (χ0v) is 11.7. The van der Waals surface area contributed by atoms with Crippen LogP contribution in [0.3, 0.4) is 0 Å². The number of hydrogen-bond acceptors (Lipinski definition) is 4. The number of aromatic nitrogens is 2. The summed E-state index contributed by atoms with van der Waals surface area (Å²) < 4.78 is 19.3. The van der Waals surface area contributed by atoms with Gasteiger partial charge in [0.1, 0.15) is 5.82 Å². The van der Waals surface area contributed by atoms with E-state index in [1.54, 1.807) is 6.07 Å². The minimum absolute atomic E-state index is 0.212. The van der Waals surface area contributed by atoms with Crippen LogP contribution in [0.15, 0.2) is 27.2 Å². The van der Waals surface area contributed by atoms with Gasteiger partial charge in [-0.05, 0) is 37.5 Å². The molecule has 2 atom stereocenters. The Morgan fingerprint density at radius 3 is 2.84 bits per heavy atom. The summed E-state index contributed by atoms with van der Waals surface area (Å²) in [6, 6.07) is 4.75. The van der Waals surface area contributed by atoms with E-state index in [9.17, 15) is 4.39 Å². The van der Waals surface area contributed by atoms with Crippen molar-refractivity contribution in [1.29, 1.82) is 0 Å². The molecule has 1 aliphatic rings. The fourth-order valence-electron chi connectivity index (χ4n) is 2.44. The van der Waals surface area contributed by atoms with Crippen molar-refractivity contribution < 1.29 is 8.91 Å². The standard InChI is InChI=1S/C13H13BrFN3O/c14-9-3-8(4-10(15)6-9)12-17-13(19-18-12)7-1-2-11(16)5-7/h3-4,6-7,11H,1-2,5,16H2/t7-,11+/m1/s1. The third-order valence-electron chi connectivity index (χ3n) is 3.38. The molecule has 100 valence electrons. The van der Waals surface area contributed by atoms with Gasteiger partial charge >= 0.3 is 0 Å². The smallest absolute Gasteiger partial charge is 0.230 e. The Labute approximate surface area is 118 Å². The molecule has 1 saturated carbocycles. The topological polar surface area (TPSA) is 64.9 Å². The molecular weight excluding hydrogens is 313 g/mol. The highest BCUT2D eigenvalue weighted by Crippen LogP contribution is 2.33. The van der Waals surface area contributed by atoms with Gasteiger partial charge in [-0.2, -0.15) is 4.98 Å². The summed E-state index contributed by atoms with van der Waals surface area (Å²) >= 11 is 3.25. The van der Waals surface area contributed by atoms with E-state index in [1.165, 1.54) is 12.1 Å². The molecule has 19 heavy (non-hydrogen) atoms. The van der Waals surface area contributed by atoms with Gasteiger partial charge in [0.25, 0.3) is 0 Å². The van der Waals surface area contributed by atoms with Gasteiger partial charge < -0.3 is 10.3 Å². The lowest BCUT2D eigenvalue weighted by Crippen LogP contribution is -2.14. The number of rotatable bonds is 2. The van der Waals surface area contributed by atoms with Gasteiger partial charge in [-0.1, -0.05) is 21.1 Å². The van der Waals surface area contributed by atoms with Crippen LogP contribution in [0.5, 0.6) is 0 Å². The second-order valence-electron chi connectivity index (χ2n) is 4.88. The van der Waals surface area contributed by atoms with Crippen LogP contribution < -0.4 is 5.73 Å². The predicted octanol–water partition coefficient (Wildman–Crippen LogP) is 3.23. The maximum Gasteiger partial charge on any atom is 0.230 e. The minimum Gasteiger partial charge on any atom is -0.339 e. The van der Waals surface area contributed by atoms with E-state index >= 15 is 0 Å². The number of nitrogens with two attached hydrogens (primary N) is 1. The molecule has 0 radical (unpaired) electrons. The second-order valence-corrected chi connectivity index (χ2v) is 5.80. The van der Waals surface area contributed by atoms with Gasteiger partial charge in [-0.25, -0.2) is 4.39 Å². The van der Waals surface area contributed by atoms with Crippen LogP contribution in [0, 0.1) is 5.82 Å². The van der Waals surface area contributed by atoms with Crippen LogP contribution in [-0.4, -0.2) is 16.2 Å². The Morgan fingerprint density at radius 1 is 1.32 bits per heavy atom. The summed E-state index contributed by atoms with van der Waals surface area (Å²) in [6.45, 7) is 0. The highest BCUT2D eigenvalue weighted by atomic mass is 79.9. The zero-order valence-electron chi connectivity index (χ0n) is 10.1. The molecule has 0 saturated heterocycles. The first-order valence-corrected chi connectivity index (χ1v) is 6.97. The molecule has 1 aromatic heterocycles. The van der Waals surface area contributed by atoms with Crippen molar-refractivity contribution >= 4 is 15.9 Å². The monoisotopic (exact) mass is 325 g/mol. The van der Waals surface area contributed by atoms with E-state index in [1.807, 2.05) is 0 Å². The molecule has 2 aromatic rings. The van der Waals surface area contributed by atoms with Crippen LogP contribution in [0.2, 0.25) is 0 Å². The average Bonchev–Trinajstić information content (AvgIpc) is 2.95. The Kier molecular flexibility index (Phi) is 3.36. The first-order chi connectivity index (χ1) is 9.11. The van der Waals surface area contributed by atoms with Crippen molar-refractivity contribution in [3.63, 3.8) is 0 Å². The number of hydrogen-bond donors (Lipinski definition) is 1. The van der Waals surface area contributed by atoms with E-state index in [2.05, 4.69) is 26.1 Å². The van der Waals surface area contributed by atoms with Gasteiger partial charge in [0.05, 0.1) is 0 Å². The van der Waals surface area contributed by atoms with Crippen molar-refractivity contribution in [3.8, 4) is 11.4 Å². The molecule has 0 spiro atoms. The maximum atomic E-state index is 13.3.